The zero-order valence-electron chi connectivity index (χ0n) is 14.8. The minimum Gasteiger partial charge on any atom is -0.457 e. The van der Waals surface area contributed by atoms with Crippen molar-refractivity contribution in [1.82, 2.24) is 0 Å². The number of hydrogen-bond acceptors (Lipinski definition) is 1. The van der Waals surface area contributed by atoms with Crippen LogP contribution in [0, 0.1) is 11.8 Å². The van der Waals surface area contributed by atoms with E-state index in [1.807, 2.05) is 72.8 Å². The molecule has 0 aromatic heterocycles. The maximum absolute atomic E-state index is 5.84. The Labute approximate surface area is 159 Å². The van der Waals surface area contributed by atoms with E-state index in [0.29, 0.717) is 0 Å². The Morgan fingerprint density at radius 3 is 1.44 bits per heavy atom. The second kappa shape index (κ2) is 8.08. The summed E-state index contributed by atoms with van der Waals surface area (Å²) in [4.78, 5) is 0. The summed E-state index contributed by atoms with van der Waals surface area (Å²) in [6, 6.07) is 36.3. The summed E-state index contributed by atoms with van der Waals surface area (Å²) in [5, 5.41) is 0. The fourth-order valence-corrected chi connectivity index (χ4v) is 2.75. The summed E-state index contributed by atoms with van der Waals surface area (Å²) in [7, 11) is 0. The molecule has 0 aliphatic rings. The van der Waals surface area contributed by atoms with Crippen molar-refractivity contribution in [1.29, 1.82) is 0 Å². The second-order valence-corrected chi connectivity index (χ2v) is 6.13. The molecule has 0 fully saturated rings. The number of benzene rings is 4. The van der Waals surface area contributed by atoms with E-state index in [4.69, 9.17) is 4.74 Å². The van der Waals surface area contributed by atoms with Gasteiger partial charge >= 0.3 is 0 Å². The average molecular weight is 346 g/mol. The SMILES string of the molecule is C(#Cc1ccc(-c2ccc(Oc3ccccc3)cc2)cc1)c1ccccc1. The molecule has 4 rings (SSSR count). The zero-order chi connectivity index (χ0) is 18.3. The quantitative estimate of drug-likeness (QED) is 0.382. The highest BCUT2D eigenvalue weighted by atomic mass is 16.5. The van der Waals surface area contributed by atoms with E-state index in [-0.39, 0.29) is 0 Å². The summed E-state index contributed by atoms with van der Waals surface area (Å²) >= 11 is 0. The van der Waals surface area contributed by atoms with Gasteiger partial charge in [-0.3, -0.25) is 0 Å². The molecule has 0 N–H and O–H groups in total. The van der Waals surface area contributed by atoms with Crippen molar-refractivity contribution in [3.63, 3.8) is 0 Å². The van der Waals surface area contributed by atoms with Crippen molar-refractivity contribution in [3.05, 3.63) is 120 Å². The Balaban J connectivity index is 1.47. The lowest BCUT2D eigenvalue weighted by atomic mass is 10.0. The molecule has 0 radical (unpaired) electrons. The molecule has 0 amide bonds. The first-order chi connectivity index (χ1) is 13.4. The molecule has 0 bridgehead atoms. The van der Waals surface area contributed by atoms with E-state index in [1.165, 1.54) is 0 Å². The van der Waals surface area contributed by atoms with Gasteiger partial charge in [-0.15, -0.1) is 0 Å². The number of hydrogen-bond donors (Lipinski definition) is 0. The van der Waals surface area contributed by atoms with Gasteiger partial charge < -0.3 is 4.74 Å². The van der Waals surface area contributed by atoms with Crippen molar-refractivity contribution in [3.8, 4) is 34.5 Å². The first-order valence-corrected chi connectivity index (χ1v) is 8.87. The number of para-hydroxylation sites is 1. The van der Waals surface area contributed by atoms with Gasteiger partial charge in [0.05, 0.1) is 0 Å². The predicted molar refractivity (Wildman–Crippen MR) is 111 cm³/mol. The van der Waals surface area contributed by atoms with Crippen LogP contribution in [0.4, 0.5) is 0 Å². The smallest absolute Gasteiger partial charge is 0.127 e. The Hall–Kier alpha value is -3.76. The Kier molecular flexibility index (Phi) is 5.00. The van der Waals surface area contributed by atoms with Crippen molar-refractivity contribution in [2.24, 2.45) is 0 Å². The molecule has 128 valence electrons. The Bertz CT molecular complexity index is 1050. The minimum absolute atomic E-state index is 0.829. The van der Waals surface area contributed by atoms with E-state index in [9.17, 15) is 0 Å². The van der Waals surface area contributed by atoms with Crippen molar-refractivity contribution >= 4 is 0 Å². The molecule has 0 heterocycles. The molecule has 0 spiro atoms. The van der Waals surface area contributed by atoms with Crippen LogP contribution in [0.25, 0.3) is 11.1 Å². The standard InChI is InChI=1S/C26H18O/c1-3-7-21(8-4-1)11-12-22-13-15-23(16-14-22)24-17-19-26(20-18-24)27-25-9-5-2-6-10-25/h1-10,13-20H. The molecule has 0 saturated carbocycles. The Morgan fingerprint density at radius 2 is 0.852 bits per heavy atom. The maximum atomic E-state index is 5.84. The van der Waals surface area contributed by atoms with Gasteiger partial charge in [-0.25, -0.2) is 0 Å². The van der Waals surface area contributed by atoms with Crippen LogP contribution >= 0.6 is 0 Å². The molecule has 4 aromatic rings. The van der Waals surface area contributed by atoms with Crippen LogP contribution in [0.3, 0.4) is 0 Å². The lowest BCUT2D eigenvalue weighted by molar-refractivity contribution is 0.483. The zero-order valence-corrected chi connectivity index (χ0v) is 14.8. The highest BCUT2D eigenvalue weighted by molar-refractivity contribution is 5.65. The van der Waals surface area contributed by atoms with Crippen LogP contribution in [0.1, 0.15) is 11.1 Å². The summed E-state index contributed by atoms with van der Waals surface area (Å²) in [6.45, 7) is 0. The van der Waals surface area contributed by atoms with E-state index < -0.39 is 0 Å². The van der Waals surface area contributed by atoms with Gasteiger partial charge in [-0.2, -0.15) is 0 Å². The monoisotopic (exact) mass is 346 g/mol. The fourth-order valence-electron chi connectivity index (χ4n) is 2.75. The van der Waals surface area contributed by atoms with Crippen LogP contribution in [-0.2, 0) is 0 Å². The number of rotatable bonds is 3. The van der Waals surface area contributed by atoms with Gasteiger partial charge in [0.1, 0.15) is 11.5 Å². The second-order valence-electron chi connectivity index (χ2n) is 6.13. The van der Waals surface area contributed by atoms with Gasteiger partial charge in [0.25, 0.3) is 0 Å². The molecule has 0 saturated heterocycles. The van der Waals surface area contributed by atoms with Crippen LogP contribution in [-0.4, -0.2) is 0 Å². The molecular weight excluding hydrogens is 328 g/mol. The van der Waals surface area contributed by atoms with Gasteiger partial charge in [0, 0.05) is 11.1 Å². The normalized spacial score (nSPS) is 9.93. The van der Waals surface area contributed by atoms with Crippen LogP contribution in [0.5, 0.6) is 11.5 Å². The van der Waals surface area contributed by atoms with Crippen LogP contribution in [0.15, 0.2) is 109 Å². The summed E-state index contributed by atoms with van der Waals surface area (Å²) in [5.74, 6) is 8.06. The fraction of sp³-hybridized carbons (Fsp3) is 0. The lowest BCUT2D eigenvalue weighted by Crippen LogP contribution is -1.84. The highest BCUT2D eigenvalue weighted by Gasteiger charge is 2.00. The molecule has 0 aliphatic carbocycles. The third-order valence-corrected chi connectivity index (χ3v) is 4.18. The maximum Gasteiger partial charge on any atom is 0.127 e. The van der Waals surface area contributed by atoms with Crippen LogP contribution in [0.2, 0.25) is 0 Å². The third-order valence-electron chi connectivity index (χ3n) is 4.18. The van der Waals surface area contributed by atoms with Gasteiger partial charge in [-0.1, -0.05) is 72.5 Å². The van der Waals surface area contributed by atoms with E-state index in [2.05, 4.69) is 48.2 Å². The molecule has 0 unspecified atom stereocenters. The first kappa shape index (κ1) is 16.7. The van der Waals surface area contributed by atoms with Crippen LogP contribution < -0.4 is 4.74 Å². The Morgan fingerprint density at radius 1 is 0.407 bits per heavy atom. The third kappa shape index (κ3) is 4.45. The van der Waals surface area contributed by atoms with E-state index in [0.717, 1.165) is 33.8 Å². The molecule has 1 heteroatoms. The molecule has 4 aromatic carbocycles. The molecule has 1 nitrogen and oxygen atoms in total. The van der Waals surface area contributed by atoms with E-state index >= 15 is 0 Å². The minimum atomic E-state index is 0.829. The van der Waals surface area contributed by atoms with Gasteiger partial charge in [-0.05, 0) is 59.7 Å². The summed E-state index contributed by atoms with van der Waals surface area (Å²) in [6.07, 6.45) is 0. The molecule has 27 heavy (non-hydrogen) atoms. The molecule has 0 aliphatic heterocycles. The average Bonchev–Trinajstić information content (AvgIpc) is 2.75. The van der Waals surface area contributed by atoms with E-state index in [1.54, 1.807) is 0 Å². The lowest BCUT2D eigenvalue weighted by Gasteiger charge is -2.07. The van der Waals surface area contributed by atoms with Gasteiger partial charge in [0.15, 0.2) is 0 Å². The summed E-state index contributed by atoms with van der Waals surface area (Å²) < 4.78 is 5.84. The first-order valence-electron chi connectivity index (χ1n) is 8.87. The van der Waals surface area contributed by atoms with Crippen molar-refractivity contribution in [2.75, 3.05) is 0 Å². The predicted octanol–water partition coefficient (Wildman–Crippen LogP) is 6.55. The molecule has 0 atom stereocenters. The number of ether oxygens (including phenoxy) is 1. The highest BCUT2D eigenvalue weighted by Crippen LogP contribution is 2.25. The largest absolute Gasteiger partial charge is 0.457 e. The van der Waals surface area contributed by atoms with Gasteiger partial charge in [0.2, 0.25) is 0 Å². The summed E-state index contributed by atoms with van der Waals surface area (Å²) in [5.41, 5.74) is 4.34. The molecular formula is C26H18O. The topological polar surface area (TPSA) is 9.23 Å². The van der Waals surface area contributed by atoms with Crippen molar-refractivity contribution in [2.45, 2.75) is 0 Å². The van der Waals surface area contributed by atoms with Crippen molar-refractivity contribution < 1.29 is 4.74 Å².